The van der Waals surface area contributed by atoms with E-state index in [9.17, 15) is 9.90 Å². The van der Waals surface area contributed by atoms with Crippen LogP contribution in [0.4, 0.5) is 0 Å². The first-order chi connectivity index (χ1) is 9.02. The van der Waals surface area contributed by atoms with Crippen LogP contribution in [0.1, 0.15) is 22.5 Å². The SMILES string of the molecule is Cc1oc2c(C)c3oc(=O)cc(CO)c3cc2c1C. The second-order valence-electron chi connectivity index (χ2n) is 4.79. The fourth-order valence-corrected chi connectivity index (χ4v) is 2.46. The molecule has 2 aromatic heterocycles. The van der Waals surface area contributed by atoms with Crippen molar-refractivity contribution in [1.29, 1.82) is 0 Å². The van der Waals surface area contributed by atoms with Crippen molar-refractivity contribution in [2.75, 3.05) is 0 Å². The van der Waals surface area contributed by atoms with Crippen LogP contribution in [-0.2, 0) is 6.61 Å². The van der Waals surface area contributed by atoms with E-state index >= 15 is 0 Å². The molecule has 19 heavy (non-hydrogen) atoms. The van der Waals surface area contributed by atoms with Crippen molar-refractivity contribution in [2.45, 2.75) is 27.4 Å². The van der Waals surface area contributed by atoms with E-state index in [1.54, 1.807) is 0 Å². The lowest BCUT2D eigenvalue weighted by Crippen LogP contribution is -2.01. The summed E-state index contributed by atoms with van der Waals surface area (Å²) in [5, 5.41) is 11.1. The van der Waals surface area contributed by atoms with Gasteiger partial charge in [0.15, 0.2) is 0 Å². The number of aryl methyl sites for hydroxylation is 3. The summed E-state index contributed by atoms with van der Waals surface area (Å²) in [5.74, 6) is 0.848. The minimum absolute atomic E-state index is 0.192. The van der Waals surface area contributed by atoms with Crippen LogP contribution in [0.25, 0.3) is 21.9 Å². The summed E-state index contributed by atoms with van der Waals surface area (Å²) in [5.41, 5.74) is 3.19. The Labute approximate surface area is 109 Å². The monoisotopic (exact) mass is 258 g/mol. The smallest absolute Gasteiger partial charge is 0.336 e. The van der Waals surface area contributed by atoms with Crippen LogP contribution in [0.2, 0.25) is 0 Å². The normalized spacial score (nSPS) is 11.6. The average Bonchev–Trinajstić information content (AvgIpc) is 2.67. The van der Waals surface area contributed by atoms with Gasteiger partial charge in [0.25, 0.3) is 0 Å². The highest BCUT2D eigenvalue weighted by Crippen LogP contribution is 2.33. The molecule has 0 unspecified atom stereocenters. The van der Waals surface area contributed by atoms with Gasteiger partial charge in [-0.3, -0.25) is 0 Å². The summed E-state index contributed by atoms with van der Waals surface area (Å²) < 4.78 is 11.0. The Bertz CT molecular complexity index is 852. The van der Waals surface area contributed by atoms with Crippen molar-refractivity contribution >= 4 is 21.9 Å². The summed E-state index contributed by atoms with van der Waals surface area (Å²) in [6, 6.07) is 3.24. The number of hydrogen-bond donors (Lipinski definition) is 1. The minimum atomic E-state index is -0.459. The predicted molar refractivity (Wildman–Crippen MR) is 72.4 cm³/mol. The van der Waals surface area contributed by atoms with Crippen molar-refractivity contribution < 1.29 is 13.9 Å². The quantitative estimate of drug-likeness (QED) is 0.681. The largest absolute Gasteiger partial charge is 0.461 e. The Kier molecular flexibility index (Phi) is 2.50. The molecule has 0 fully saturated rings. The zero-order chi connectivity index (χ0) is 13.7. The van der Waals surface area contributed by atoms with Crippen molar-refractivity contribution in [3.05, 3.63) is 45.0 Å². The molecular weight excluding hydrogens is 244 g/mol. The molecule has 0 atom stereocenters. The first-order valence-electron chi connectivity index (χ1n) is 6.10. The summed E-state index contributed by atoms with van der Waals surface area (Å²) in [6.07, 6.45) is 0. The average molecular weight is 258 g/mol. The van der Waals surface area contributed by atoms with E-state index in [-0.39, 0.29) is 6.61 Å². The third-order valence-electron chi connectivity index (χ3n) is 3.66. The number of aliphatic hydroxyl groups excluding tert-OH is 1. The topological polar surface area (TPSA) is 63.6 Å². The fourth-order valence-electron chi connectivity index (χ4n) is 2.46. The van der Waals surface area contributed by atoms with Crippen molar-refractivity contribution in [2.24, 2.45) is 0 Å². The molecule has 0 bridgehead atoms. The van der Waals surface area contributed by atoms with E-state index in [0.29, 0.717) is 11.1 Å². The van der Waals surface area contributed by atoms with Crippen molar-refractivity contribution in [3.63, 3.8) is 0 Å². The maximum absolute atomic E-state index is 11.5. The predicted octanol–water partition coefficient (Wildman–Crippen LogP) is 2.96. The molecule has 98 valence electrons. The number of hydrogen-bond acceptors (Lipinski definition) is 4. The molecule has 1 aromatic carbocycles. The lowest BCUT2D eigenvalue weighted by atomic mass is 10.0. The molecule has 4 heteroatoms. The van der Waals surface area contributed by atoms with Gasteiger partial charge in [-0.25, -0.2) is 4.79 Å². The van der Waals surface area contributed by atoms with Crippen molar-refractivity contribution in [1.82, 2.24) is 0 Å². The maximum atomic E-state index is 11.5. The standard InChI is InChI=1S/C15H14O4/c1-7-9(3)18-14-8(2)15-12(5-11(7)14)10(6-16)4-13(17)19-15/h4-5,16H,6H2,1-3H3. The van der Waals surface area contributed by atoms with Gasteiger partial charge in [0.05, 0.1) is 6.61 Å². The summed E-state index contributed by atoms with van der Waals surface area (Å²) in [4.78, 5) is 11.5. The van der Waals surface area contributed by atoms with Gasteiger partial charge >= 0.3 is 5.63 Å². The minimum Gasteiger partial charge on any atom is -0.461 e. The van der Waals surface area contributed by atoms with Gasteiger partial charge in [0.1, 0.15) is 16.9 Å². The van der Waals surface area contributed by atoms with Gasteiger partial charge in [0.2, 0.25) is 0 Å². The molecule has 4 nitrogen and oxygen atoms in total. The molecule has 0 saturated carbocycles. The molecule has 0 radical (unpaired) electrons. The first-order valence-corrected chi connectivity index (χ1v) is 6.10. The van der Waals surface area contributed by atoms with Gasteiger partial charge in [-0.1, -0.05) is 0 Å². The van der Waals surface area contributed by atoms with Crippen LogP contribution in [-0.4, -0.2) is 5.11 Å². The van der Waals surface area contributed by atoms with E-state index in [0.717, 1.165) is 33.2 Å². The molecule has 0 saturated heterocycles. The summed E-state index contributed by atoms with van der Waals surface area (Å²) in [6.45, 7) is 5.56. The fraction of sp³-hybridized carbons (Fsp3) is 0.267. The zero-order valence-corrected chi connectivity index (χ0v) is 11.0. The van der Waals surface area contributed by atoms with E-state index in [2.05, 4.69) is 0 Å². The van der Waals surface area contributed by atoms with Gasteiger partial charge in [-0.15, -0.1) is 0 Å². The molecule has 3 rings (SSSR count). The summed E-state index contributed by atoms with van der Waals surface area (Å²) >= 11 is 0. The van der Waals surface area contributed by atoms with Gasteiger partial charge < -0.3 is 13.9 Å². The second-order valence-corrected chi connectivity index (χ2v) is 4.79. The number of aliphatic hydroxyl groups is 1. The lowest BCUT2D eigenvalue weighted by Gasteiger charge is -2.05. The molecule has 0 amide bonds. The zero-order valence-electron chi connectivity index (χ0n) is 11.0. The van der Waals surface area contributed by atoms with Crippen LogP contribution in [0.15, 0.2) is 25.8 Å². The van der Waals surface area contributed by atoms with E-state index in [1.165, 1.54) is 6.07 Å². The molecule has 2 heterocycles. The van der Waals surface area contributed by atoms with Gasteiger partial charge in [0, 0.05) is 22.4 Å². The van der Waals surface area contributed by atoms with Gasteiger partial charge in [-0.05, 0) is 38.0 Å². The van der Waals surface area contributed by atoms with E-state index < -0.39 is 5.63 Å². The maximum Gasteiger partial charge on any atom is 0.336 e. The highest BCUT2D eigenvalue weighted by Gasteiger charge is 2.16. The second kappa shape index (κ2) is 3.96. The number of furan rings is 1. The number of fused-ring (bicyclic) bond motifs is 2. The van der Waals surface area contributed by atoms with Crippen LogP contribution < -0.4 is 5.63 Å². The number of rotatable bonds is 1. The molecule has 0 aliphatic carbocycles. The van der Waals surface area contributed by atoms with Crippen molar-refractivity contribution in [3.8, 4) is 0 Å². The molecule has 0 aliphatic heterocycles. The third-order valence-corrected chi connectivity index (χ3v) is 3.66. The Hall–Kier alpha value is -2.07. The molecule has 0 aliphatic rings. The van der Waals surface area contributed by atoms with Gasteiger partial charge in [-0.2, -0.15) is 0 Å². The Balaban J connectivity index is 2.60. The Morgan fingerprint density at radius 2 is 1.68 bits per heavy atom. The van der Waals surface area contributed by atoms with Crippen LogP contribution in [0, 0.1) is 20.8 Å². The Morgan fingerprint density at radius 1 is 1.00 bits per heavy atom. The highest BCUT2D eigenvalue weighted by molar-refractivity contribution is 5.99. The molecule has 0 spiro atoms. The summed E-state index contributed by atoms with van der Waals surface area (Å²) in [7, 11) is 0. The molecule has 3 aromatic rings. The van der Waals surface area contributed by atoms with E-state index in [1.807, 2.05) is 26.8 Å². The third kappa shape index (κ3) is 1.60. The van der Waals surface area contributed by atoms with Crippen LogP contribution in [0.5, 0.6) is 0 Å². The Morgan fingerprint density at radius 3 is 2.37 bits per heavy atom. The first kappa shape index (κ1) is 12.0. The lowest BCUT2D eigenvalue weighted by molar-refractivity contribution is 0.282. The molecule has 1 N–H and O–H groups in total. The number of benzene rings is 1. The highest BCUT2D eigenvalue weighted by atomic mass is 16.4. The van der Waals surface area contributed by atoms with E-state index in [4.69, 9.17) is 8.83 Å². The molecular formula is C15H14O4. The van der Waals surface area contributed by atoms with Crippen LogP contribution in [0.3, 0.4) is 0 Å². The van der Waals surface area contributed by atoms with Crippen LogP contribution >= 0.6 is 0 Å².